The molecule has 0 spiro atoms. The van der Waals surface area contributed by atoms with E-state index in [1.165, 1.54) is 0 Å². The van der Waals surface area contributed by atoms with Crippen LogP contribution in [0.25, 0.3) is 0 Å². The third kappa shape index (κ3) is 1.53. The van der Waals surface area contributed by atoms with Crippen LogP contribution in [0.2, 0.25) is 0 Å². The fraction of sp³-hybridized carbons (Fsp3) is 0.167. The molecule has 0 nitrogen and oxygen atoms in total. The predicted molar refractivity (Wildman–Crippen MR) is 42.0 cm³/mol. The molecule has 0 aromatic heterocycles. The lowest BCUT2D eigenvalue weighted by Gasteiger charge is -1.98. The molecule has 0 saturated heterocycles. The molecule has 41 valence electrons. The summed E-state index contributed by atoms with van der Waals surface area (Å²) in [6, 6.07) is 0. The van der Waals surface area contributed by atoms with Gasteiger partial charge in [-0.15, -0.1) is 0 Å². The van der Waals surface area contributed by atoms with Crippen LogP contribution in [0.1, 0.15) is 6.42 Å². The van der Waals surface area contributed by atoms with Crippen LogP contribution < -0.4 is 0 Å². The highest BCUT2D eigenvalue weighted by molar-refractivity contribution is 9.11. The molecule has 1 aliphatic carbocycles. The summed E-state index contributed by atoms with van der Waals surface area (Å²) >= 11 is 8.20. The van der Waals surface area contributed by atoms with Crippen LogP contribution in [0.4, 0.5) is 0 Å². The van der Waals surface area contributed by atoms with E-state index in [2.05, 4.69) is 22.0 Å². The van der Waals surface area contributed by atoms with Gasteiger partial charge in [0.2, 0.25) is 0 Å². The highest BCUT2D eigenvalue weighted by Gasteiger charge is 1.98. The lowest BCUT2D eigenvalue weighted by Crippen LogP contribution is -1.92. The number of hydrogen-bond acceptors (Lipinski definition) is 1. The van der Waals surface area contributed by atoms with Crippen LogP contribution >= 0.6 is 28.1 Å². The zero-order chi connectivity index (χ0) is 5.98. The Morgan fingerprint density at radius 3 is 2.88 bits per heavy atom. The molecular weight excluding hydrogens is 184 g/mol. The second-order valence-electron chi connectivity index (χ2n) is 1.52. The summed E-state index contributed by atoms with van der Waals surface area (Å²) in [5.41, 5.74) is 0. The second kappa shape index (κ2) is 2.55. The SMILES string of the molecule is S=C1[C]=CC=C(Br)C1. The molecule has 0 N–H and O–H groups in total. The average molecular weight is 188 g/mol. The first kappa shape index (κ1) is 6.17. The van der Waals surface area contributed by atoms with E-state index >= 15 is 0 Å². The summed E-state index contributed by atoms with van der Waals surface area (Å²) in [6.45, 7) is 0. The maximum absolute atomic E-state index is 4.87. The lowest BCUT2D eigenvalue weighted by molar-refractivity contribution is 1.46. The van der Waals surface area contributed by atoms with E-state index in [9.17, 15) is 0 Å². The largest absolute Gasteiger partial charge is 0.0839 e. The Hall–Kier alpha value is 0.0500. The summed E-state index contributed by atoms with van der Waals surface area (Å²) in [5, 5.41) is 0. The van der Waals surface area contributed by atoms with Gasteiger partial charge in [0.05, 0.1) is 0 Å². The van der Waals surface area contributed by atoms with Gasteiger partial charge in [-0.2, -0.15) is 0 Å². The molecule has 1 rings (SSSR count). The smallest absolute Gasteiger partial charge is 0.0280 e. The minimum Gasteiger partial charge on any atom is -0.0839 e. The van der Waals surface area contributed by atoms with Gasteiger partial charge in [0.15, 0.2) is 0 Å². The van der Waals surface area contributed by atoms with Gasteiger partial charge in [0.1, 0.15) is 0 Å². The zero-order valence-electron chi connectivity index (χ0n) is 4.15. The highest BCUT2D eigenvalue weighted by Crippen LogP contribution is 2.14. The molecule has 0 atom stereocenters. The Balaban J connectivity index is 2.73. The summed E-state index contributed by atoms with van der Waals surface area (Å²) in [5.74, 6) is 0. The van der Waals surface area contributed by atoms with Gasteiger partial charge < -0.3 is 0 Å². The Kier molecular flexibility index (Phi) is 1.97. The van der Waals surface area contributed by atoms with Crippen molar-refractivity contribution in [3.63, 3.8) is 0 Å². The minimum absolute atomic E-state index is 0.839. The molecule has 1 radical (unpaired) electrons. The normalized spacial score (nSPS) is 18.6. The van der Waals surface area contributed by atoms with Gasteiger partial charge in [-0.3, -0.25) is 0 Å². The van der Waals surface area contributed by atoms with Crippen molar-refractivity contribution in [2.75, 3.05) is 0 Å². The summed E-state index contributed by atoms with van der Waals surface area (Å²) in [4.78, 5) is 0.874. The van der Waals surface area contributed by atoms with Crippen molar-refractivity contribution in [1.82, 2.24) is 0 Å². The minimum atomic E-state index is 0.839. The monoisotopic (exact) mass is 187 g/mol. The second-order valence-corrected chi connectivity index (χ2v) is 3.04. The molecule has 0 saturated carbocycles. The van der Waals surface area contributed by atoms with Gasteiger partial charge in [-0.25, -0.2) is 0 Å². The number of thiocarbonyl (C=S) groups is 1. The van der Waals surface area contributed by atoms with E-state index in [-0.39, 0.29) is 0 Å². The zero-order valence-corrected chi connectivity index (χ0v) is 6.55. The maximum atomic E-state index is 4.87. The summed E-state index contributed by atoms with van der Waals surface area (Å²) < 4.78 is 1.14. The number of halogens is 1. The predicted octanol–water partition coefficient (Wildman–Crippen LogP) is 2.40. The van der Waals surface area contributed by atoms with Crippen molar-refractivity contribution in [3.05, 3.63) is 22.7 Å². The Labute approximate surface area is 62.4 Å². The number of allylic oxidation sites excluding steroid dienone is 4. The van der Waals surface area contributed by atoms with E-state index in [1.807, 2.05) is 12.2 Å². The Bertz CT molecular complexity index is 167. The van der Waals surface area contributed by atoms with Crippen molar-refractivity contribution >= 4 is 33.0 Å². The molecule has 2 heteroatoms. The van der Waals surface area contributed by atoms with E-state index in [4.69, 9.17) is 12.2 Å². The van der Waals surface area contributed by atoms with Gasteiger partial charge in [0, 0.05) is 15.8 Å². The molecular formula is C6H4BrS. The van der Waals surface area contributed by atoms with Crippen LogP contribution in [0.3, 0.4) is 0 Å². The van der Waals surface area contributed by atoms with Crippen LogP contribution in [-0.2, 0) is 0 Å². The molecule has 1 aliphatic rings. The van der Waals surface area contributed by atoms with Crippen LogP contribution in [0.5, 0.6) is 0 Å². The summed E-state index contributed by atoms with van der Waals surface area (Å²) in [6.07, 6.45) is 7.54. The first-order valence-electron chi connectivity index (χ1n) is 2.26. The van der Waals surface area contributed by atoms with Gasteiger partial charge in [-0.1, -0.05) is 40.3 Å². The van der Waals surface area contributed by atoms with Crippen LogP contribution in [-0.4, -0.2) is 4.86 Å². The molecule has 0 aromatic carbocycles. The molecule has 0 heterocycles. The van der Waals surface area contributed by atoms with Crippen molar-refractivity contribution in [3.8, 4) is 0 Å². The molecule has 0 unspecified atom stereocenters. The highest BCUT2D eigenvalue weighted by atomic mass is 79.9. The van der Waals surface area contributed by atoms with Gasteiger partial charge in [-0.05, 0) is 6.08 Å². The van der Waals surface area contributed by atoms with Crippen LogP contribution in [0, 0.1) is 6.08 Å². The average Bonchev–Trinajstić information content (AvgIpc) is 1.64. The molecule has 0 aromatic rings. The molecule has 8 heavy (non-hydrogen) atoms. The fourth-order valence-electron chi connectivity index (χ4n) is 0.488. The molecule has 0 bridgehead atoms. The number of hydrogen-bond donors (Lipinski definition) is 0. The maximum Gasteiger partial charge on any atom is 0.0280 e. The Morgan fingerprint density at radius 2 is 2.50 bits per heavy atom. The fourth-order valence-corrected chi connectivity index (χ4v) is 1.31. The standard InChI is InChI=1S/C6H4BrS/c7-5-2-1-3-6(8)4-5/h1-2H,4H2. The van der Waals surface area contributed by atoms with Crippen LogP contribution in [0.15, 0.2) is 16.6 Å². The van der Waals surface area contributed by atoms with Crippen molar-refractivity contribution in [1.29, 1.82) is 0 Å². The Morgan fingerprint density at radius 1 is 1.75 bits per heavy atom. The first-order chi connectivity index (χ1) is 3.79. The van der Waals surface area contributed by atoms with E-state index in [0.29, 0.717) is 0 Å². The third-order valence-electron chi connectivity index (χ3n) is 0.838. The molecule has 0 fully saturated rings. The first-order valence-corrected chi connectivity index (χ1v) is 3.46. The molecule has 0 amide bonds. The van der Waals surface area contributed by atoms with Crippen molar-refractivity contribution in [2.45, 2.75) is 6.42 Å². The third-order valence-corrected chi connectivity index (χ3v) is 1.64. The lowest BCUT2D eigenvalue weighted by atomic mass is 10.2. The summed E-state index contributed by atoms with van der Waals surface area (Å²) in [7, 11) is 0. The van der Waals surface area contributed by atoms with Gasteiger partial charge in [0.25, 0.3) is 0 Å². The van der Waals surface area contributed by atoms with Crippen molar-refractivity contribution in [2.24, 2.45) is 0 Å². The molecule has 0 aliphatic heterocycles. The van der Waals surface area contributed by atoms with Gasteiger partial charge >= 0.3 is 0 Å². The number of rotatable bonds is 0. The van der Waals surface area contributed by atoms with E-state index < -0.39 is 0 Å². The van der Waals surface area contributed by atoms with E-state index in [0.717, 1.165) is 15.8 Å². The van der Waals surface area contributed by atoms with Crippen molar-refractivity contribution < 1.29 is 0 Å². The van der Waals surface area contributed by atoms with E-state index in [1.54, 1.807) is 0 Å². The quantitative estimate of drug-likeness (QED) is 0.526. The topological polar surface area (TPSA) is 0 Å².